The van der Waals surface area contributed by atoms with Crippen LogP contribution in [0, 0.1) is 0 Å². The van der Waals surface area contributed by atoms with Crippen LogP contribution < -0.4 is 10.1 Å². The molecule has 0 saturated heterocycles. The van der Waals surface area contributed by atoms with Crippen LogP contribution in [0.4, 0.5) is 0 Å². The Morgan fingerprint density at radius 1 is 1.02 bits per heavy atom. The van der Waals surface area contributed by atoms with Crippen molar-refractivity contribution in [2.75, 3.05) is 19.5 Å². The lowest BCUT2D eigenvalue weighted by atomic mass is 9.99. The summed E-state index contributed by atoms with van der Waals surface area (Å²) in [7, 11) is 1.21. The molecule has 0 bridgehead atoms. The number of carbonyl (C=O) groups is 4. The van der Waals surface area contributed by atoms with Crippen molar-refractivity contribution in [3.63, 3.8) is 0 Å². The number of aliphatic imine (C=N–C) groups is 1. The van der Waals surface area contributed by atoms with Gasteiger partial charge in [-0.25, -0.2) is 4.79 Å². The van der Waals surface area contributed by atoms with E-state index >= 15 is 0 Å². The highest BCUT2D eigenvalue weighted by Crippen LogP contribution is 2.36. The number of amidine groups is 1. The minimum atomic E-state index is -0.813. The molecular weight excluding hydrogens is 673 g/mol. The van der Waals surface area contributed by atoms with Crippen LogP contribution >= 0.6 is 35.0 Å². The van der Waals surface area contributed by atoms with Gasteiger partial charge in [0, 0.05) is 5.70 Å². The Balaban J connectivity index is 1.62. The number of amides is 3. The molecule has 0 aliphatic carbocycles. The van der Waals surface area contributed by atoms with Crippen LogP contribution in [0.1, 0.15) is 29.7 Å². The summed E-state index contributed by atoms with van der Waals surface area (Å²) in [6.45, 7) is 5.00. The highest BCUT2D eigenvalue weighted by atomic mass is 35.5. The minimum Gasteiger partial charge on any atom is -0.479 e. The molecule has 246 valence electrons. The summed E-state index contributed by atoms with van der Waals surface area (Å²) in [5.41, 5.74) is 2.24. The number of nitrogens with one attached hydrogen (secondary N) is 1. The van der Waals surface area contributed by atoms with Gasteiger partial charge in [-0.2, -0.15) is 4.99 Å². The Hall–Kier alpha value is -4.90. The lowest BCUT2D eigenvalue weighted by molar-refractivity contribution is -0.143. The van der Waals surface area contributed by atoms with Gasteiger partial charge in [0.2, 0.25) is 5.91 Å². The third kappa shape index (κ3) is 9.13. The van der Waals surface area contributed by atoms with Crippen LogP contribution in [0.15, 0.2) is 120 Å². The number of thioether (sulfide) groups is 1. The molecule has 0 unspecified atom stereocenters. The smallest absolute Gasteiger partial charge is 0.343 e. The summed E-state index contributed by atoms with van der Waals surface area (Å²) >= 11 is 13.7. The second-order valence-corrected chi connectivity index (χ2v) is 11.8. The maximum atomic E-state index is 14.0. The van der Waals surface area contributed by atoms with Crippen LogP contribution in [-0.4, -0.2) is 53.2 Å². The van der Waals surface area contributed by atoms with Crippen molar-refractivity contribution in [2.24, 2.45) is 4.99 Å². The Bertz CT molecular complexity index is 1760. The molecule has 0 atom stereocenters. The van der Waals surface area contributed by atoms with Crippen molar-refractivity contribution in [3.05, 3.63) is 142 Å². The summed E-state index contributed by atoms with van der Waals surface area (Å²) in [5, 5.41) is 3.18. The monoisotopic (exact) mass is 703 g/mol. The molecule has 1 aliphatic heterocycles. The van der Waals surface area contributed by atoms with Gasteiger partial charge in [-0.1, -0.05) is 120 Å². The summed E-state index contributed by atoms with van der Waals surface area (Å²) in [6.07, 6.45) is 7.79. The Morgan fingerprint density at radius 2 is 1.62 bits per heavy atom. The van der Waals surface area contributed by atoms with Gasteiger partial charge in [0.25, 0.3) is 11.8 Å². The van der Waals surface area contributed by atoms with E-state index < -0.39 is 30.4 Å². The summed E-state index contributed by atoms with van der Waals surface area (Å²) in [5.74, 6) is -2.55. The summed E-state index contributed by atoms with van der Waals surface area (Å²) in [6, 6.07) is 21.5. The Morgan fingerprint density at radius 3 is 2.17 bits per heavy atom. The molecule has 1 N–H and O–H groups in total. The fourth-order valence-corrected chi connectivity index (χ4v) is 5.97. The van der Waals surface area contributed by atoms with Gasteiger partial charge in [-0.05, 0) is 47.9 Å². The van der Waals surface area contributed by atoms with E-state index in [0.717, 1.165) is 22.9 Å². The van der Waals surface area contributed by atoms with Crippen molar-refractivity contribution >= 4 is 69.9 Å². The second-order valence-electron chi connectivity index (χ2n) is 10.00. The predicted octanol–water partition coefficient (Wildman–Crippen LogP) is 6.94. The molecule has 12 heteroatoms. The number of rotatable bonds is 12. The fourth-order valence-electron chi connectivity index (χ4n) is 4.55. The number of carbonyl (C=O) groups excluding carboxylic acids is 4. The van der Waals surface area contributed by atoms with E-state index in [9.17, 15) is 19.2 Å². The molecule has 3 aromatic carbocycles. The third-order valence-corrected chi connectivity index (χ3v) is 8.31. The average Bonchev–Trinajstić information content (AvgIpc) is 3.09. The van der Waals surface area contributed by atoms with E-state index in [-0.39, 0.29) is 38.2 Å². The van der Waals surface area contributed by atoms with Crippen molar-refractivity contribution in [1.82, 2.24) is 10.2 Å². The van der Waals surface area contributed by atoms with Crippen LogP contribution in [0.5, 0.6) is 5.75 Å². The summed E-state index contributed by atoms with van der Waals surface area (Å²) < 4.78 is 9.93. The topological polar surface area (TPSA) is 114 Å². The zero-order chi connectivity index (χ0) is 34.6. The van der Waals surface area contributed by atoms with Crippen molar-refractivity contribution in [1.29, 1.82) is 0 Å². The molecule has 0 spiro atoms. The molecule has 9 nitrogen and oxygen atoms in total. The number of methoxy groups -OCH3 is 1. The molecule has 48 heavy (non-hydrogen) atoms. The number of allylic oxidation sites excluding steroid dienone is 4. The van der Waals surface area contributed by atoms with E-state index in [1.54, 1.807) is 31.2 Å². The molecule has 3 aromatic rings. The van der Waals surface area contributed by atoms with Gasteiger partial charge >= 0.3 is 5.97 Å². The van der Waals surface area contributed by atoms with Crippen LogP contribution in [0.3, 0.4) is 0 Å². The Labute approximate surface area is 292 Å². The van der Waals surface area contributed by atoms with Crippen molar-refractivity contribution < 1.29 is 28.7 Å². The van der Waals surface area contributed by atoms with E-state index in [1.165, 1.54) is 30.2 Å². The van der Waals surface area contributed by atoms with Crippen LogP contribution in [-0.2, 0) is 23.9 Å². The standard InChI is InChI=1S/C36H31Cl2N3O6S/c1-4-6-17-26(5-2)41-35(45)27(18-23-19-28(37)33(29(38)20-23)47-21-31(43)46-3)34(44)40-36(41)48-22-30(42)39-32(24-13-9-7-10-14-24)25-15-11-8-12-16-25/h4-20,32H,1,21-22H2,2-3H3,(H,39,42)/b17-6-,26-5+,27-18+. The molecule has 1 aliphatic rings. The van der Waals surface area contributed by atoms with Gasteiger partial charge in [0.15, 0.2) is 17.5 Å². The van der Waals surface area contributed by atoms with E-state index in [4.69, 9.17) is 27.9 Å². The molecule has 0 fully saturated rings. The molecule has 0 aromatic heterocycles. The number of ether oxygens (including phenoxy) is 2. The molecule has 3 amide bonds. The largest absolute Gasteiger partial charge is 0.479 e. The molecule has 0 saturated carbocycles. The number of nitrogens with zero attached hydrogens (tertiary/aromatic N) is 2. The quantitative estimate of drug-likeness (QED) is 0.0941. The molecule has 1 heterocycles. The van der Waals surface area contributed by atoms with Gasteiger partial charge in [-0.3, -0.25) is 19.3 Å². The van der Waals surface area contributed by atoms with Crippen molar-refractivity contribution in [3.8, 4) is 5.75 Å². The van der Waals surface area contributed by atoms with E-state index in [0.29, 0.717) is 11.3 Å². The van der Waals surface area contributed by atoms with E-state index in [2.05, 4.69) is 21.6 Å². The lowest BCUT2D eigenvalue weighted by Gasteiger charge is -2.28. The maximum absolute atomic E-state index is 14.0. The number of hydrogen-bond acceptors (Lipinski definition) is 7. The van der Waals surface area contributed by atoms with Crippen LogP contribution in [0.2, 0.25) is 10.0 Å². The number of halogens is 2. The van der Waals surface area contributed by atoms with Crippen LogP contribution in [0.25, 0.3) is 6.08 Å². The predicted molar refractivity (Wildman–Crippen MR) is 190 cm³/mol. The fraction of sp³-hybridized carbons (Fsp3) is 0.139. The zero-order valence-electron chi connectivity index (χ0n) is 26.0. The SMILES string of the molecule is C=C/C=C\C(=C/C)N1C(=O)/C(=C/c2cc(Cl)c(OCC(=O)OC)c(Cl)c2)C(=O)N=C1SCC(=O)NC(c1ccccc1)c1ccccc1. The minimum absolute atomic E-state index is 0.0257. The molecule has 4 rings (SSSR count). The van der Waals surface area contributed by atoms with Gasteiger partial charge in [0.05, 0.1) is 28.9 Å². The average molecular weight is 705 g/mol. The van der Waals surface area contributed by atoms with Crippen molar-refractivity contribution in [2.45, 2.75) is 13.0 Å². The normalized spacial score (nSPS) is 14.4. The highest BCUT2D eigenvalue weighted by molar-refractivity contribution is 8.14. The number of esters is 1. The second kappa shape index (κ2) is 17.3. The first kappa shape index (κ1) is 35.9. The first-order valence-electron chi connectivity index (χ1n) is 14.5. The molecule has 0 radical (unpaired) electrons. The van der Waals surface area contributed by atoms with Gasteiger partial charge in [0.1, 0.15) is 5.57 Å². The maximum Gasteiger partial charge on any atom is 0.343 e. The highest BCUT2D eigenvalue weighted by Gasteiger charge is 2.35. The summed E-state index contributed by atoms with van der Waals surface area (Å²) in [4.78, 5) is 57.6. The first-order chi connectivity index (χ1) is 23.2. The number of hydrogen-bond donors (Lipinski definition) is 1. The lowest BCUT2D eigenvalue weighted by Crippen LogP contribution is -2.42. The number of benzene rings is 3. The third-order valence-electron chi connectivity index (χ3n) is 6.81. The van der Waals surface area contributed by atoms with Gasteiger partial charge < -0.3 is 14.8 Å². The van der Waals surface area contributed by atoms with Gasteiger partial charge in [-0.15, -0.1) is 0 Å². The van der Waals surface area contributed by atoms with E-state index in [1.807, 2.05) is 60.7 Å². The first-order valence-corrected chi connectivity index (χ1v) is 16.3. The zero-order valence-corrected chi connectivity index (χ0v) is 28.4. The molecular formula is C36H31Cl2N3O6S. The Kier molecular flexibility index (Phi) is 13.0.